The van der Waals surface area contributed by atoms with Crippen molar-refractivity contribution in [2.45, 2.75) is 26.4 Å². The zero-order valence-corrected chi connectivity index (χ0v) is 14.9. The third kappa shape index (κ3) is 2.71. The lowest BCUT2D eigenvalue weighted by Gasteiger charge is -2.38. The molecule has 0 N–H and O–H groups in total. The predicted molar refractivity (Wildman–Crippen MR) is 99.6 cm³/mol. The molecule has 4 heteroatoms. The SMILES string of the molecule is Cc1ccc(C2c3cccn3CCN2C(=O)c2ccccc2F)c(C)c1. The summed E-state index contributed by atoms with van der Waals surface area (Å²) in [5.41, 5.74) is 4.59. The first-order valence-corrected chi connectivity index (χ1v) is 8.84. The molecule has 0 bridgehead atoms. The summed E-state index contributed by atoms with van der Waals surface area (Å²) in [4.78, 5) is 15.0. The van der Waals surface area contributed by atoms with Gasteiger partial charge in [0.05, 0.1) is 11.6 Å². The Bertz CT molecular complexity index is 976. The van der Waals surface area contributed by atoms with Crippen LogP contribution in [0.3, 0.4) is 0 Å². The van der Waals surface area contributed by atoms with Gasteiger partial charge in [0.2, 0.25) is 0 Å². The van der Waals surface area contributed by atoms with E-state index >= 15 is 0 Å². The number of carbonyl (C=O) groups excluding carboxylic acids is 1. The fourth-order valence-electron chi connectivity index (χ4n) is 3.85. The lowest BCUT2D eigenvalue weighted by atomic mass is 9.94. The fourth-order valence-corrected chi connectivity index (χ4v) is 3.85. The zero-order valence-electron chi connectivity index (χ0n) is 14.9. The molecule has 2 heterocycles. The molecule has 1 aliphatic rings. The number of fused-ring (bicyclic) bond motifs is 1. The highest BCUT2D eigenvalue weighted by Crippen LogP contribution is 2.35. The van der Waals surface area contributed by atoms with E-state index in [1.54, 1.807) is 23.1 Å². The number of nitrogens with zero attached hydrogens (tertiary/aromatic N) is 2. The molecule has 0 saturated heterocycles. The molecule has 2 aromatic carbocycles. The monoisotopic (exact) mass is 348 g/mol. The largest absolute Gasteiger partial charge is 0.348 e. The minimum atomic E-state index is -0.474. The molecule has 4 rings (SSSR count). The molecule has 132 valence electrons. The van der Waals surface area contributed by atoms with E-state index in [4.69, 9.17) is 0 Å². The van der Waals surface area contributed by atoms with Crippen molar-refractivity contribution >= 4 is 5.91 Å². The van der Waals surface area contributed by atoms with Gasteiger partial charge in [-0.3, -0.25) is 4.79 Å². The van der Waals surface area contributed by atoms with Crippen LogP contribution in [0.1, 0.15) is 38.8 Å². The Labute approximate surface area is 152 Å². The maximum atomic E-state index is 14.2. The molecule has 0 fully saturated rings. The molecule has 1 aromatic heterocycles. The van der Waals surface area contributed by atoms with E-state index in [9.17, 15) is 9.18 Å². The van der Waals surface area contributed by atoms with Crippen molar-refractivity contribution in [3.05, 3.63) is 94.6 Å². The summed E-state index contributed by atoms with van der Waals surface area (Å²) in [6.45, 7) is 5.38. The molecule has 3 nitrogen and oxygen atoms in total. The van der Waals surface area contributed by atoms with E-state index in [-0.39, 0.29) is 17.5 Å². The van der Waals surface area contributed by atoms with E-state index in [1.807, 2.05) is 18.3 Å². The number of aryl methyl sites for hydroxylation is 2. The predicted octanol–water partition coefficient (Wildman–Crippen LogP) is 4.49. The van der Waals surface area contributed by atoms with Crippen molar-refractivity contribution in [3.8, 4) is 0 Å². The molecular formula is C22H21FN2O. The van der Waals surface area contributed by atoms with Crippen LogP contribution in [0.4, 0.5) is 4.39 Å². The molecule has 0 aliphatic carbocycles. The molecular weight excluding hydrogens is 327 g/mol. The Morgan fingerprint density at radius 2 is 1.85 bits per heavy atom. The topological polar surface area (TPSA) is 25.2 Å². The minimum absolute atomic E-state index is 0.127. The van der Waals surface area contributed by atoms with Crippen molar-refractivity contribution in [1.29, 1.82) is 0 Å². The van der Waals surface area contributed by atoms with Crippen LogP contribution < -0.4 is 0 Å². The summed E-state index contributed by atoms with van der Waals surface area (Å²) in [6.07, 6.45) is 2.04. The van der Waals surface area contributed by atoms with Gasteiger partial charge in [0.25, 0.3) is 5.91 Å². The van der Waals surface area contributed by atoms with Crippen molar-refractivity contribution in [1.82, 2.24) is 9.47 Å². The summed E-state index contributed by atoms with van der Waals surface area (Å²) in [7, 11) is 0. The normalized spacial score (nSPS) is 16.4. The highest BCUT2D eigenvalue weighted by molar-refractivity contribution is 5.95. The maximum Gasteiger partial charge on any atom is 0.257 e. The van der Waals surface area contributed by atoms with E-state index < -0.39 is 5.82 Å². The van der Waals surface area contributed by atoms with Crippen molar-refractivity contribution in [2.24, 2.45) is 0 Å². The molecule has 0 radical (unpaired) electrons. The lowest BCUT2D eigenvalue weighted by molar-refractivity contribution is 0.0659. The number of benzene rings is 2. The average Bonchev–Trinajstić information content (AvgIpc) is 3.10. The van der Waals surface area contributed by atoms with Crippen LogP contribution >= 0.6 is 0 Å². The first-order valence-electron chi connectivity index (χ1n) is 8.84. The van der Waals surface area contributed by atoms with Gasteiger partial charge in [-0.15, -0.1) is 0 Å². The van der Waals surface area contributed by atoms with Gasteiger partial charge in [0, 0.05) is 25.0 Å². The Morgan fingerprint density at radius 1 is 1.04 bits per heavy atom. The number of hydrogen-bond donors (Lipinski definition) is 0. The lowest BCUT2D eigenvalue weighted by Crippen LogP contribution is -2.43. The number of carbonyl (C=O) groups is 1. The Hall–Kier alpha value is -2.88. The molecule has 0 spiro atoms. The van der Waals surface area contributed by atoms with Crippen molar-refractivity contribution in [3.63, 3.8) is 0 Å². The van der Waals surface area contributed by atoms with Crippen LogP contribution in [-0.4, -0.2) is 21.9 Å². The second-order valence-electron chi connectivity index (χ2n) is 6.87. The van der Waals surface area contributed by atoms with Gasteiger partial charge in [0.1, 0.15) is 5.82 Å². The Balaban J connectivity index is 1.83. The third-order valence-corrected chi connectivity index (χ3v) is 5.12. The van der Waals surface area contributed by atoms with Gasteiger partial charge < -0.3 is 9.47 Å². The van der Waals surface area contributed by atoms with E-state index in [0.29, 0.717) is 13.1 Å². The fraction of sp³-hybridized carbons (Fsp3) is 0.227. The van der Waals surface area contributed by atoms with Gasteiger partial charge in [-0.2, -0.15) is 0 Å². The standard InChI is InChI=1S/C22H21FN2O/c1-15-9-10-17(16(2)14-15)21-20-8-5-11-24(20)12-13-25(21)22(26)18-6-3-4-7-19(18)23/h3-11,14,21H,12-13H2,1-2H3. The molecule has 1 unspecified atom stereocenters. The second-order valence-corrected chi connectivity index (χ2v) is 6.87. The highest BCUT2D eigenvalue weighted by atomic mass is 19.1. The van der Waals surface area contributed by atoms with E-state index in [1.165, 1.54) is 11.6 Å². The zero-order chi connectivity index (χ0) is 18.3. The van der Waals surface area contributed by atoms with Gasteiger partial charge in [0.15, 0.2) is 0 Å². The van der Waals surface area contributed by atoms with Crippen molar-refractivity contribution in [2.75, 3.05) is 6.54 Å². The quantitative estimate of drug-likeness (QED) is 0.670. The van der Waals surface area contributed by atoms with Crippen LogP contribution in [0.15, 0.2) is 60.8 Å². The molecule has 1 atom stereocenters. The van der Waals surface area contributed by atoms with Gasteiger partial charge in [-0.25, -0.2) is 4.39 Å². The molecule has 1 amide bonds. The minimum Gasteiger partial charge on any atom is -0.348 e. The first kappa shape index (κ1) is 16.6. The summed E-state index contributed by atoms with van der Waals surface area (Å²) < 4.78 is 16.4. The van der Waals surface area contributed by atoms with Crippen LogP contribution in [0.2, 0.25) is 0 Å². The smallest absolute Gasteiger partial charge is 0.257 e. The van der Waals surface area contributed by atoms with Crippen LogP contribution in [0.25, 0.3) is 0 Å². The van der Waals surface area contributed by atoms with Gasteiger partial charge in [-0.05, 0) is 49.2 Å². The Kier molecular flexibility index (Phi) is 4.11. The Morgan fingerprint density at radius 3 is 2.62 bits per heavy atom. The molecule has 1 aliphatic heterocycles. The van der Waals surface area contributed by atoms with Crippen LogP contribution in [-0.2, 0) is 6.54 Å². The number of aromatic nitrogens is 1. The molecule has 0 saturated carbocycles. The average molecular weight is 348 g/mol. The van der Waals surface area contributed by atoms with Gasteiger partial charge >= 0.3 is 0 Å². The highest BCUT2D eigenvalue weighted by Gasteiger charge is 2.34. The summed E-state index contributed by atoms with van der Waals surface area (Å²) in [5, 5.41) is 0. The maximum absolute atomic E-state index is 14.2. The second kappa shape index (κ2) is 6.45. The van der Waals surface area contributed by atoms with E-state index in [0.717, 1.165) is 16.8 Å². The number of halogens is 1. The van der Waals surface area contributed by atoms with Gasteiger partial charge in [-0.1, -0.05) is 35.9 Å². The van der Waals surface area contributed by atoms with E-state index in [2.05, 4.69) is 36.6 Å². The number of amides is 1. The summed E-state index contributed by atoms with van der Waals surface area (Å²) in [5.74, 6) is -0.738. The molecule has 26 heavy (non-hydrogen) atoms. The van der Waals surface area contributed by atoms with Crippen LogP contribution in [0, 0.1) is 19.7 Å². The van der Waals surface area contributed by atoms with Crippen LogP contribution in [0.5, 0.6) is 0 Å². The third-order valence-electron chi connectivity index (χ3n) is 5.12. The molecule has 3 aromatic rings. The number of rotatable bonds is 2. The first-order chi connectivity index (χ1) is 12.6. The summed E-state index contributed by atoms with van der Waals surface area (Å²) >= 11 is 0. The number of hydrogen-bond acceptors (Lipinski definition) is 1. The van der Waals surface area contributed by atoms with Crippen molar-refractivity contribution < 1.29 is 9.18 Å². The summed E-state index contributed by atoms with van der Waals surface area (Å²) in [6, 6.07) is 16.3.